The minimum absolute atomic E-state index is 0.0851. The van der Waals surface area contributed by atoms with Gasteiger partial charge in [-0.1, -0.05) is 11.6 Å². The lowest BCUT2D eigenvalue weighted by Crippen LogP contribution is -2.61. The van der Waals surface area contributed by atoms with Gasteiger partial charge in [0.15, 0.2) is 0 Å². The quantitative estimate of drug-likeness (QED) is 0.573. The maximum absolute atomic E-state index is 9.77. The third-order valence-electron chi connectivity index (χ3n) is 2.10. The molecule has 3 heteroatoms. The molecule has 1 saturated heterocycles. The van der Waals surface area contributed by atoms with Gasteiger partial charge in [0.1, 0.15) is 5.06 Å². The molecule has 2 nitrogen and oxygen atoms in total. The first-order valence-electron chi connectivity index (χ1n) is 4.33. The van der Waals surface area contributed by atoms with E-state index in [-0.39, 0.29) is 11.1 Å². The van der Waals surface area contributed by atoms with Gasteiger partial charge in [-0.25, -0.2) is 0 Å². The fourth-order valence-electron chi connectivity index (χ4n) is 2.42. The molecule has 0 bridgehead atoms. The lowest BCUT2D eigenvalue weighted by Gasteiger charge is -2.48. The molecule has 1 heterocycles. The SMILES string of the molecule is CC1(C)CC(O)(Cl)CC(C)(C)N1. The summed E-state index contributed by atoms with van der Waals surface area (Å²) in [5, 5.41) is 12.2. The number of nitrogens with one attached hydrogen (secondary N) is 1. The Morgan fingerprint density at radius 2 is 1.42 bits per heavy atom. The number of aliphatic hydroxyl groups is 1. The molecule has 0 amide bonds. The van der Waals surface area contributed by atoms with E-state index in [0.29, 0.717) is 12.8 Å². The summed E-state index contributed by atoms with van der Waals surface area (Å²) in [6, 6.07) is 0. The minimum Gasteiger partial charge on any atom is -0.375 e. The van der Waals surface area contributed by atoms with E-state index in [4.69, 9.17) is 11.6 Å². The van der Waals surface area contributed by atoms with E-state index < -0.39 is 5.06 Å². The second-order valence-electron chi connectivity index (χ2n) is 5.16. The van der Waals surface area contributed by atoms with Crippen LogP contribution in [0.25, 0.3) is 0 Å². The number of hydrogen-bond acceptors (Lipinski definition) is 2. The van der Waals surface area contributed by atoms with Crippen molar-refractivity contribution in [2.45, 2.75) is 56.7 Å². The molecule has 0 aromatic heterocycles. The second kappa shape index (κ2) is 2.60. The van der Waals surface area contributed by atoms with Gasteiger partial charge in [-0.15, -0.1) is 0 Å². The lowest BCUT2D eigenvalue weighted by atomic mass is 9.81. The van der Waals surface area contributed by atoms with Gasteiger partial charge in [0, 0.05) is 23.9 Å². The van der Waals surface area contributed by atoms with Crippen LogP contribution in [-0.4, -0.2) is 21.2 Å². The first-order chi connectivity index (χ1) is 5.12. The van der Waals surface area contributed by atoms with Crippen molar-refractivity contribution < 1.29 is 5.11 Å². The van der Waals surface area contributed by atoms with Crippen molar-refractivity contribution >= 4 is 11.6 Å². The number of halogens is 1. The fraction of sp³-hybridized carbons (Fsp3) is 1.00. The van der Waals surface area contributed by atoms with Crippen LogP contribution >= 0.6 is 11.6 Å². The average molecular weight is 192 g/mol. The molecule has 1 fully saturated rings. The summed E-state index contributed by atoms with van der Waals surface area (Å²) in [7, 11) is 0. The minimum atomic E-state index is -1.04. The van der Waals surface area contributed by atoms with Gasteiger partial charge in [0.25, 0.3) is 0 Å². The third kappa shape index (κ3) is 2.61. The van der Waals surface area contributed by atoms with E-state index in [0.717, 1.165) is 0 Å². The summed E-state index contributed by atoms with van der Waals surface area (Å²) in [6.45, 7) is 8.23. The topological polar surface area (TPSA) is 32.3 Å². The Morgan fingerprint density at radius 3 is 1.67 bits per heavy atom. The average Bonchev–Trinajstić information content (AvgIpc) is 1.44. The molecule has 1 aliphatic rings. The number of hydrogen-bond donors (Lipinski definition) is 2. The molecular formula is C9H18ClNO. The van der Waals surface area contributed by atoms with E-state index in [1.54, 1.807) is 0 Å². The van der Waals surface area contributed by atoms with Gasteiger partial charge in [-0.2, -0.15) is 0 Å². The van der Waals surface area contributed by atoms with Crippen LogP contribution in [0.2, 0.25) is 0 Å². The highest BCUT2D eigenvalue weighted by atomic mass is 35.5. The molecule has 1 aliphatic heterocycles. The zero-order valence-electron chi connectivity index (χ0n) is 8.24. The molecule has 2 N–H and O–H groups in total. The summed E-state index contributed by atoms with van der Waals surface area (Å²) in [5.74, 6) is 0. The fourth-order valence-corrected chi connectivity index (χ4v) is 3.09. The molecule has 0 unspecified atom stereocenters. The summed E-state index contributed by atoms with van der Waals surface area (Å²) in [5.41, 5.74) is -0.170. The maximum atomic E-state index is 9.77. The highest BCUT2D eigenvalue weighted by Gasteiger charge is 2.44. The molecule has 0 saturated carbocycles. The molecule has 0 aromatic rings. The zero-order valence-corrected chi connectivity index (χ0v) is 9.00. The lowest BCUT2D eigenvalue weighted by molar-refractivity contribution is 0.00716. The van der Waals surface area contributed by atoms with E-state index in [9.17, 15) is 5.11 Å². The van der Waals surface area contributed by atoms with Crippen molar-refractivity contribution in [3.05, 3.63) is 0 Å². The molecule has 0 atom stereocenters. The smallest absolute Gasteiger partial charge is 0.142 e. The molecule has 0 aliphatic carbocycles. The van der Waals surface area contributed by atoms with E-state index in [2.05, 4.69) is 33.0 Å². The van der Waals surface area contributed by atoms with Crippen LogP contribution in [0.1, 0.15) is 40.5 Å². The summed E-state index contributed by atoms with van der Waals surface area (Å²) < 4.78 is 0. The molecule has 72 valence electrons. The Labute approximate surface area is 79.3 Å². The van der Waals surface area contributed by atoms with Gasteiger partial charge in [-0.05, 0) is 27.7 Å². The van der Waals surface area contributed by atoms with Crippen molar-refractivity contribution in [2.24, 2.45) is 0 Å². The van der Waals surface area contributed by atoms with E-state index >= 15 is 0 Å². The predicted octanol–water partition coefficient (Wildman–Crippen LogP) is 1.85. The van der Waals surface area contributed by atoms with Crippen LogP contribution in [0, 0.1) is 0 Å². The Morgan fingerprint density at radius 1 is 1.08 bits per heavy atom. The standard InChI is InChI=1S/C9H18ClNO/c1-7(2)5-9(10,12)6-8(3,4)11-7/h11-12H,5-6H2,1-4H3. The van der Waals surface area contributed by atoms with Gasteiger partial charge in [0.2, 0.25) is 0 Å². The predicted molar refractivity (Wildman–Crippen MR) is 51.3 cm³/mol. The number of piperidine rings is 1. The molecule has 0 spiro atoms. The van der Waals surface area contributed by atoms with E-state index in [1.165, 1.54) is 0 Å². The van der Waals surface area contributed by atoms with Crippen molar-refractivity contribution in [2.75, 3.05) is 0 Å². The Hall–Kier alpha value is 0.210. The summed E-state index contributed by atoms with van der Waals surface area (Å²) >= 11 is 5.96. The Balaban J connectivity index is 2.81. The van der Waals surface area contributed by atoms with Gasteiger partial charge >= 0.3 is 0 Å². The van der Waals surface area contributed by atoms with Crippen molar-refractivity contribution in [3.63, 3.8) is 0 Å². The normalized spacial score (nSPS) is 31.5. The largest absolute Gasteiger partial charge is 0.375 e. The van der Waals surface area contributed by atoms with Gasteiger partial charge in [0.05, 0.1) is 0 Å². The number of alkyl halides is 1. The summed E-state index contributed by atoms with van der Waals surface area (Å²) in [6.07, 6.45) is 1.18. The van der Waals surface area contributed by atoms with Crippen molar-refractivity contribution in [3.8, 4) is 0 Å². The van der Waals surface area contributed by atoms with Gasteiger partial charge in [-0.3, -0.25) is 0 Å². The summed E-state index contributed by atoms with van der Waals surface area (Å²) in [4.78, 5) is 0. The molecule has 0 radical (unpaired) electrons. The van der Waals surface area contributed by atoms with Crippen LogP contribution in [0.4, 0.5) is 0 Å². The van der Waals surface area contributed by atoms with Crippen LogP contribution in [0.5, 0.6) is 0 Å². The highest BCUT2D eigenvalue weighted by molar-refractivity contribution is 6.22. The molecule has 1 rings (SSSR count). The van der Waals surface area contributed by atoms with Gasteiger partial charge < -0.3 is 10.4 Å². The van der Waals surface area contributed by atoms with Crippen LogP contribution < -0.4 is 5.32 Å². The molecule has 12 heavy (non-hydrogen) atoms. The Bertz CT molecular complexity index is 142. The van der Waals surface area contributed by atoms with E-state index in [1.807, 2.05) is 0 Å². The molecule has 0 aromatic carbocycles. The zero-order chi connectivity index (χ0) is 9.62. The Kier molecular flexibility index (Phi) is 2.23. The monoisotopic (exact) mass is 191 g/mol. The second-order valence-corrected chi connectivity index (χ2v) is 5.87. The van der Waals surface area contributed by atoms with Crippen LogP contribution in [0.3, 0.4) is 0 Å². The number of rotatable bonds is 0. The highest BCUT2D eigenvalue weighted by Crippen LogP contribution is 2.38. The first kappa shape index (κ1) is 10.3. The third-order valence-corrected chi connectivity index (χ3v) is 2.37. The van der Waals surface area contributed by atoms with Crippen molar-refractivity contribution in [1.29, 1.82) is 0 Å². The molecular weight excluding hydrogens is 174 g/mol. The van der Waals surface area contributed by atoms with Crippen LogP contribution in [0.15, 0.2) is 0 Å². The first-order valence-corrected chi connectivity index (χ1v) is 4.70. The van der Waals surface area contributed by atoms with Crippen LogP contribution in [-0.2, 0) is 0 Å². The van der Waals surface area contributed by atoms with Crippen molar-refractivity contribution in [1.82, 2.24) is 5.32 Å². The maximum Gasteiger partial charge on any atom is 0.142 e.